The maximum Gasteiger partial charge on any atom is 1.00 e. The molecule has 0 spiro atoms. The number of carbonyl (C=O) groups is 2. The molecule has 1 unspecified atom stereocenters. The Morgan fingerprint density at radius 3 is 2.71 bits per heavy atom. The predicted octanol–water partition coefficient (Wildman–Crippen LogP) is -4.94. The molecule has 0 aromatic heterocycles. The molecule has 13 heteroatoms. The summed E-state index contributed by atoms with van der Waals surface area (Å²) in [5, 5.41) is 3.63. The Labute approximate surface area is 161 Å². The zero-order chi connectivity index (χ0) is 16.6. The van der Waals surface area contributed by atoms with Crippen LogP contribution in [-0.4, -0.2) is 72.7 Å². The van der Waals surface area contributed by atoms with Gasteiger partial charge in [0, 0.05) is 13.1 Å². The van der Waals surface area contributed by atoms with Gasteiger partial charge in [-0.3, -0.25) is 9.63 Å². The first-order valence-corrected chi connectivity index (χ1v) is 8.60. The Kier molecular flexibility index (Phi) is 6.47. The SMILES string of the molecule is O=C(NOC1CCNC1)[C@@H]1CC[C@@H]2CN1C(=O)N2OS(=O)(=O)[O-].[Na+]. The van der Waals surface area contributed by atoms with Gasteiger partial charge in [-0.25, -0.2) is 18.7 Å². The number of nitrogens with zero attached hydrogens (tertiary/aromatic N) is 2. The molecule has 0 saturated carbocycles. The van der Waals surface area contributed by atoms with Crippen LogP contribution in [-0.2, 0) is 24.3 Å². The fraction of sp³-hybridized carbons (Fsp3) is 0.818. The zero-order valence-corrected chi connectivity index (χ0v) is 16.0. The molecular formula is C11H17N4NaO7S. The van der Waals surface area contributed by atoms with Gasteiger partial charge in [0.15, 0.2) is 0 Å². The molecule has 3 fully saturated rings. The minimum Gasteiger partial charge on any atom is -0.724 e. The summed E-state index contributed by atoms with van der Waals surface area (Å²) in [4.78, 5) is 30.8. The molecule has 24 heavy (non-hydrogen) atoms. The summed E-state index contributed by atoms with van der Waals surface area (Å²) in [6, 6.07) is -2.15. The van der Waals surface area contributed by atoms with Crippen LogP contribution in [0.15, 0.2) is 0 Å². The number of fused-ring (bicyclic) bond motifs is 2. The number of hydroxylamine groups is 3. The minimum absolute atomic E-state index is 0. The van der Waals surface area contributed by atoms with Crippen LogP contribution in [0.25, 0.3) is 0 Å². The Balaban J connectivity index is 0.00000208. The van der Waals surface area contributed by atoms with Crippen molar-refractivity contribution in [1.29, 1.82) is 0 Å². The first kappa shape index (κ1) is 19.8. The molecule has 11 nitrogen and oxygen atoms in total. The fourth-order valence-corrected chi connectivity index (χ4v) is 3.42. The number of rotatable bonds is 5. The van der Waals surface area contributed by atoms with Gasteiger partial charge in [-0.05, 0) is 25.8 Å². The molecule has 2 bridgehead atoms. The molecule has 0 aromatic carbocycles. The van der Waals surface area contributed by atoms with Gasteiger partial charge in [-0.1, -0.05) is 0 Å². The number of hydrogen-bond acceptors (Lipinski definition) is 8. The standard InChI is InChI=1S/C11H18N4O7S.Na/c16-10(13-21-8-3-4-12-5-8)9-2-1-7-6-14(9)11(17)15(7)22-23(18,19)20;/h7-9,12H,1-6H2,(H,13,16)(H,18,19,20);/q;+1/p-1/t7-,8?,9+;/m1./s1. The van der Waals surface area contributed by atoms with Gasteiger partial charge in [0.1, 0.15) is 6.04 Å². The van der Waals surface area contributed by atoms with Crippen molar-refractivity contribution in [2.24, 2.45) is 0 Å². The van der Waals surface area contributed by atoms with Crippen molar-refractivity contribution < 1.29 is 61.2 Å². The van der Waals surface area contributed by atoms with Crippen molar-refractivity contribution >= 4 is 22.3 Å². The fourth-order valence-electron chi connectivity index (χ4n) is 3.04. The van der Waals surface area contributed by atoms with Gasteiger partial charge in [-0.2, -0.15) is 9.35 Å². The Morgan fingerprint density at radius 2 is 2.08 bits per heavy atom. The number of hydrogen-bond donors (Lipinski definition) is 2. The zero-order valence-electron chi connectivity index (χ0n) is 13.1. The second kappa shape index (κ2) is 7.83. The third-order valence-electron chi connectivity index (χ3n) is 4.14. The third-order valence-corrected chi connectivity index (χ3v) is 4.48. The molecule has 3 aliphatic rings. The van der Waals surface area contributed by atoms with E-state index in [9.17, 15) is 22.6 Å². The number of carbonyl (C=O) groups excluding carboxylic acids is 2. The van der Waals surface area contributed by atoms with Crippen molar-refractivity contribution in [2.75, 3.05) is 19.6 Å². The molecule has 0 aliphatic carbocycles. The van der Waals surface area contributed by atoms with Crippen molar-refractivity contribution in [3.8, 4) is 0 Å². The third kappa shape index (κ3) is 4.38. The van der Waals surface area contributed by atoms with Crippen LogP contribution >= 0.6 is 0 Å². The topological polar surface area (TPSA) is 140 Å². The van der Waals surface area contributed by atoms with E-state index < -0.39 is 34.4 Å². The van der Waals surface area contributed by atoms with E-state index >= 15 is 0 Å². The average molecular weight is 372 g/mol. The summed E-state index contributed by atoms with van der Waals surface area (Å²) >= 11 is 0. The molecule has 2 N–H and O–H groups in total. The van der Waals surface area contributed by atoms with Gasteiger partial charge >= 0.3 is 35.6 Å². The van der Waals surface area contributed by atoms with Crippen LogP contribution in [0.3, 0.4) is 0 Å². The van der Waals surface area contributed by atoms with E-state index in [4.69, 9.17) is 4.84 Å². The first-order valence-electron chi connectivity index (χ1n) is 7.26. The van der Waals surface area contributed by atoms with E-state index in [-0.39, 0.29) is 42.2 Å². The maximum absolute atomic E-state index is 12.2. The quantitative estimate of drug-likeness (QED) is 0.212. The van der Waals surface area contributed by atoms with E-state index in [1.165, 1.54) is 4.90 Å². The van der Waals surface area contributed by atoms with Crippen LogP contribution in [0.5, 0.6) is 0 Å². The van der Waals surface area contributed by atoms with Gasteiger partial charge < -0.3 is 14.8 Å². The first-order chi connectivity index (χ1) is 10.8. The van der Waals surface area contributed by atoms with E-state index in [0.717, 1.165) is 13.0 Å². The van der Waals surface area contributed by atoms with E-state index in [2.05, 4.69) is 15.1 Å². The maximum atomic E-state index is 12.2. The van der Waals surface area contributed by atoms with Crippen LogP contribution in [0.4, 0.5) is 4.79 Å². The summed E-state index contributed by atoms with van der Waals surface area (Å²) in [6.45, 7) is 1.57. The summed E-state index contributed by atoms with van der Waals surface area (Å²) in [5.41, 5.74) is 2.35. The predicted molar refractivity (Wildman–Crippen MR) is 72.0 cm³/mol. The second-order valence-electron chi connectivity index (χ2n) is 5.69. The average Bonchev–Trinajstić information content (AvgIpc) is 3.08. The van der Waals surface area contributed by atoms with Crippen LogP contribution in [0.1, 0.15) is 19.3 Å². The molecule has 130 valence electrons. The van der Waals surface area contributed by atoms with E-state index in [1.807, 2.05) is 0 Å². The van der Waals surface area contributed by atoms with Gasteiger partial charge in [-0.15, -0.1) is 0 Å². The molecule has 3 aliphatic heterocycles. The number of nitrogens with one attached hydrogen (secondary N) is 2. The molecule has 3 saturated heterocycles. The molecule has 3 heterocycles. The molecular weight excluding hydrogens is 355 g/mol. The van der Waals surface area contributed by atoms with Gasteiger partial charge in [0.05, 0.1) is 12.1 Å². The molecule has 3 atom stereocenters. The molecule has 3 rings (SSSR count). The van der Waals surface area contributed by atoms with Crippen LogP contribution < -0.4 is 40.4 Å². The number of piperidine rings is 1. The Hall–Kier alpha value is -0.470. The van der Waals surface area contributed by atoms with E-state index in [0.29, 0.717) is 24.4 Å². The van der Waals surface area contributed by atoms with Crippen LogP contribution in [0.2, 0.25) is 0 Å². The molecule has 0 radical (unpaired) electrons. The Morgan fingerprint density at radius 1 is 1.33 bits per heavy atom. The monoisotopic (exact) mass is 372 g/mol. The normalized spacial score (nSPS) is 29.5. The summed E-state index contributed by atoms with van der Waals surface area (Å²) in [6.07, 6.45) is 1.34. The molecule has 3 amide bonds. The van der Waals surface area contributed by atoms with Gasteiger partial charge in [0.2, 0.25) is 10.4 Å². The van der Waals surface area contributed by atoms with Gasteiger partial charge in [0.25, 0.3) is 5.91 Å². The minimum atomic E-state index is -5.04. The molecule has 0 aromatic rings. The summed E-state index contributed by atoms with van der Waals surface area (Å²) in [7, 11) is -5.04. The van der Waals surface area contributed by atoms with Crippen molar-refractivity contribution in [1.82, 2.24) is 20.8 Å². The largest absolute Gasteiger partial charge is 1.00 e. The van der Waals surface area contributed by atoms with Crippen molar-refractivity contribution in [3.63, 3.8) is 0 Å². The second-order valence-corrected chi connectivity index (χ2v) is 6.66. The summed E-state index contributed by atoms with van der Waals surface area (Å²) in [5.74, 6) is -0.476. The summed E-state index contributed by atoms with van der Waals surface area (Å²) < 4.78 is 36.3. The Bertz CT molecular complexity index is 597. The van der Waals surface area contributed by atoms with Crippen molar-refractivity contribution in [2.45, 2.75) is 37.5 Å². The van der Waals surface area contributed by atoms with Crippen molar-refractivity contribution in [3.05, 3.63) is 0 Å². The van der Waals surface area contributed by atoms with Crippen LogP contribution in [0, 0.1) is 0 Å². The number of urea groups is 1. The smallest absolute Gasteiger partial charge is 0.724 e. The van der Waals surface area contributed by atoms with E-state index in [1.54, 1.807) is 0 Å². The number of amides is 3.